The van der Waals surface area contributed by atoms with Gasteiger partial charge >= 0.3 is 0 Å². The normalized spacial score (nSPS) is 19.6. The first-order chi connectivity index (χ1) is 11.0. The van der Waals surface area contributed by atoms with E-state index in [-0.39, 0.29) is 36.1 Å². The fourth-order valence-electron chi connectivity index (χ4n) is 2.96. The summed E-state index contributed by atoms with van der Waals surface area (Å²) in [6.45, 7) is 6.49. The Labute approximate surface area is 165 Å². The van der Waals surface area contributed by atoms with Crippen LogP contribution in [0.5, 0.6) is 0 Å². The molecule has 25 heavy (non-hydrogen) atoms. The predicted molar refractivity (Wildman–Crippen MR) is 109 cm³/mol. The van der Waals surface area contributed by atoms with Gasteiger partial charge in [0.1, 0.15) is 5.65 Å². The van der Waals surface area contributed by atoms with Crippen LogP contribution in [0.4, 0.5) is 0 Å². The van der Waals surface area contributed by atoms with E-state index in [1.807, 2.05) is 21.6 Å². The first kappa shape index (κ1) is 22.1. The number of amides is 1. The van der Waals surface area contributed by atoms with Gasteiger partial charge in [0, 0.05) is 31.2 Å². The van der Waals surface area contributed by atoms with Crippen molar-refractivity contribution in [3.8, 4) is 0 Å². The van der Waals surface area contributed by atoms with Crippen molar-refractivity contribution < 1.29 is 4.79 Å². The molecular formula is C17H26Cl2N4OS. The van der Waals surface area contributed by atoms with Gasteiger partial charge in [-0.25, -0.2) is 4.98 Å². The Morgan fingerprint density at radius 1 is 1.36 bits per heavy atom. The molecule has 0 aliphatic carbocycles. The number of nitrogens with two attached hydrogens (primary N) is 1. The highest BCUT2D eigenvalue weighted by Crippen LogP contribution is 2.29. The van der Waals surface area contributed by atoms with E-state index in [9.17, 15) is 4.79 Å². The molecule has 3 rings (SSSR count). The summed E-state index contributed by atoms with van der Waals surface area (Å²) >= 11 is 1.63. The number of halogens is 2. The van der Waals surface area contributed by atoms with Crippen LogP contribution < -0.4 is 5.73 Å². The Bertz CT molecular complexity index is 724. The molecule has 0 saturated carbocycles. The lowest BCUT2D eigenvalue weighted by Gasteiger charge is -2.22. The molecule has 1 fully saturated rings. The van der Waals surface area contributed by atoms with E-state index in [0.717, 1.165) is 36.6 Å². The second-order valence-electron chi connectivity index (χ2n) is 6.78. The van der Waals surface area contributed by atoms with Gasteiger partial charge in [-0.05, 0) is 36.9 Å². The molecule has 3 heterocycles. The monoisotopic (exact) mass is 404 g/mol. The van der Waals surface area contributed by atoms with Crippen LogP contribution in [0.3, 0.4) is 0 Å². The van der Waals surface area contributed by atoms with Gasteiger partial charge in [0.25, 0.3) is 0 Å². The van der Waals surface area contributed by atoms with E-state index in [2.05, 4.69) is 31.1 Å². The lowest BCUT2D eigenvalue weighted by Crippen LogP contribution is -2.35. The van der Waals surface area contributed by atoms with Crippen LogP contribution in [-0.2, 0) is 10.5 Å². The van der Waals surface area contributed by atoms with Gasteiger partial charge in [-0.15, -0.1) is 36.6 Å². The minimum Gasteiger partial charge on any atom is -0.341 e. The minimum atomic E-state index is 0. The van der Waals surface area contributed by atoms with Crippen molar-refractivity contribution in [3.05, 3.63) is 35.8 Å². The Hall–Kier alpha value is -0.950. The van der Waals surface area contributed by atoms with Crippen molar-refractivity contribution in [1.29, 1.82) is 0 Å². The Morgan fingerprint density at radius 3 is 2.80 bits per heavy atom. The first-order valence-corrected chi connectivity index (χ1v) is 9.14. The summed E-state index contributed by atoms with van der Waals surface area (Å²) in [5.74, 6) is 1.48. The number of pyridine rings is 1. The minimum absolute atomic E-state index is 0. The van der Waals surface area contributed by atoms with E-state index in [0.29, 0.717) is 12.3 Å². The third kappa shape index (κ3) is 5.26. The number of rotatable bonds is 5. The van der Waals surface area contributed by atoms with Crippen LogP contribution in [0, 0.1) is 12.3 Å². The molecule has 2 aromatic heterocycles. The summed E-state index contributed by atoms with van der Waals surface area (Å²) in [7, 11) is 0. The molecule has 0 spiro atoms. The average molecular weight is 405 g/mol. The fourth-order valence-corrected chi connectivity index (χ4v) is 3.77. The molecule has 1 amide bonds. The number of carbonyl (C=O) groups is 1. The number of hydrogen-bond acceptors (Lipinski definition) is 4. The van der Waals surface area contributed by atoms with Crippen molar-refractivity contribution in [2.45, 2.75) is 26.0 Å². The van der Waals surface area contributed by atoms with Gasteiger partial charge in [0.2, 0.25) is 5.91 Å². The maximum Gasteiger partial charge on any atom is 0.232 e. The standard InChI is InChI=1S/C17H24N4OS.2ClH/c1-13-3-4-15-19-14(8-21(15)7-13)9-23-10-16(22)20-6-5-17(2,11-18)12-20;;/h3-4,7-8H,5-6,9-12,18H2,1-2H3;2*1H. The highest BCUT2D eigenvalue weighted by atomic mass is 35.5. The SMILES string of the molecule is Cc1ccc2nc(CSCC(=O)N3CCC(C)(CN)C3)cn2c1.Cl.Cl. The summed E-state index contributed by atoms with van der Waals surface area (Å²) in [5, 5.41) is 0. The number of hydrogen-bond donors (Lipinski definition) is 1. The third-order valence-corrected chi connectivity index (χ3v) is 5.48. The molecule has 2 aromatic rings. The Morgan fingerprint density at radius 2 is 2.12 bits per heavy atom. The molecule has 8 heteroatoms. The molecule has 5 nitrogen and oxygen atoms in total. The quantitative estimate of drug-likeness (QED) is 0.831. The molecular weight excluding hydrogens is 379 g/mol. The van der Waals surface area contributed by atoms with Crippen LogP contribution in [0.2, 0.25) is 0 Å². The van der Waals surface area contributed by atoms with Gasteiger partial charge in [-0.2, -0.15) is 0 Å². The summed E-state index contributed by atoms with van der Waals surface area (Å²) < 4.78 is 2.04. The maximum absolute atomic E-state index is 12.3. The van der Waals surface area contributed by atoms with E-state index in [4.69, 9.17) is 5.73 Å². The molecule has 0 radical (unpaired) electrons. The molecule has 140 valence electrons. The maximum atomic E-state index is 12.3. The fraction of sp³-hybridized carbons (Fsp3) is 0.529. The number of aromatic nitrogens is 2. The molecule has 1 aliphatic rings. The molecule has 1 atom stereocenters. The third-order valence-electron chi connectivity index (χ3n) is 4.53. The largest absolute Gasteiger partial charge is 0.341 e. The van der Waals surface area contributed by atoms with Crippen LogP contribution in [0.25, 0.3) is 5.65 Å². The zero-order chi connectivity index (χ0) is 16.4. The highest BCUT2D eigenvalue weighted by Gasteiger charge is 2.34. The van der Waals surface area contributed by atoms with Crippen molar-refractivity contribution >= 4 is 48.1 Å². The van der Waals surface area contributed by atoms with Crippen molar-refractivity contribution in [1.82, 2.24) is 14.3 Å². The molecule has 2 N–H and O–H groups in total. The van der Waals surface area contributed by atoms with Gasteiger partial charge in [-0.3, -0.25) is 4.79 Å². The molecule has 1 unspecified atom stereocenters. The zero-order valence-electron chi connectivity index (χ0n) is 14.6. The number of thioether (sulfide) groups is 1. The van der Waals surface area contributed by atoms with Crippen molar-refractivity contribution in [2.24, 2.45) is 11.1 Å². The Balaban J connectivity index is 0.00000156. The summed E-state index contributed by atoms with van der Waals surface area (Å²) in [4.78, 5) is 18.8. The second-order valence-corrected chi connectivity index (χ2v) is 7.76. The van der Waals surface area contributed by atoms with Crippen molar-refractivity contribution in [2.75, 3.05) is 25.4 Å². The number of carbonyl (C=O) groups excluding carboxylic acids is 1. The number of nitrogens with zero attached hydrogens (tertiary/aromatic N) is 3. The van der Waals surface area contributed by atoms with E-state index >= 15 is 0 Å². The van der Waals surface area contributed by atoms with Crippen LogP contribution in [0.1, 0.15) is 24.6 Å². The lowest BCUT2D eigenvalue weighted by molar-refractivity contribution is -0.127. The number of aryl methyl sites for hydroxylation is 1. The molecule has 1 saturated heterocycles. The van der Waals surface area contributed by atoms with Crippen molar-refractivity contribution in [3.63, 3.8) is 0 Å². The van der Waals surface area contributed by atoms with Crippen LogP contribution >= 0.6 is 36.6 Å². The number of likely N-dealkylation sites (tertiary alicyclic amines) is 1. The first-order valence-electron chi connectivity index (χ1n) is 7.99. The summed E-state index contributed by atoms with van der Waals surface area (Å²) in [6, 6.07) is 4.08. The van der Waals surface area contributed by atoms with E-state index in [1.165, 1.54) is 5.56 Å². The smallest absolute Gasteiger partial charge is 0.232 e. The van der Waals surface area contributed by atoms with E-state index < -0.39 is 0 Å². The average Bonchev–Trinajstić information content (AvgIpc) is 3.11. The Kier molecular flexibility index (Phi) is 8.06. The topological polar surface area (TPSA) is 63.6 Å². The number of imidazole rings is 1. The molecule has 1 aliphatic heterocycles. The zero-order valence-corrected chi connectivity index (χ0v) is 17.1. The molecule has 0 bridgehead atoms. The summed E-state index contributed by atoms with van der Waals surface area (Å²) in [5.41, 5.74) is 9.08. The molecule has 0 aromatic carbocycles. The lowest BCUT2D eigenvalue weighted by atomic mass is 9.90. The predicted octanol–water partition coefficient (Wildman–Crippen LogP) is 2.92. The van der Waals surface area contributed by atoms with Gasteiger partial charge in [0.15, 0.2) is 0 Å². The van der Waals surface area contributed by atoms with Crippen LogP contribution in [0.15, 0.2) is 24.5 Å². The van der Waals surface area contributed by atoms with Crippen LogP contribution in [-0.4, -0.2) is 45.6 Å². The second kappa shape index (κ2) is 9.12. The van der Waals surface area contributed by atoms with E-state index in [1.54, 1.807) is 11.8 Å². The summed E-state index contributed by atoms with van der Waals surface area (Å²) in [6.07, 6.45) is 5.12. The van der Waals surface area contributed by atoms with Gasteiger partial charge < -0.3 is 15.0 Å². The van der Waals surface area contributed by atoms with Gasteiger partial charge in [0.05, 0.1) is 11.4 Å². The highest BCUT2D eigenvalue weighted by molar-refractivity contribution is 7.99. The van der Waals surface area contributed by atoms with Gasteiger partial charge in [-0.1, -0.05) is 13.0 Å². The number of fused-ring (bicyclic) bond motifs is 1.